The third kappa shape index (κ3) is 10.2. The molecule has 3 rings (SSSR count). The van der Waals surface area contributed by atoms with Crippen molar-refractivity contribution in [3.8, 4) is 0 Å². The van der Waals surface area contributed by atoms with Gasteiger partial charge in [-0.3, -0.25) is 14.4 Å². The van der Waals surface area contributed by atoms with Crippen molar-refractivity contribution in [3.05, 3.63) is 70.8 Å². The fourth-order valence-electron chi connectivity index (χ4n) is 5.94. The molecule has 1 aliphatic carbocycles. The van der Waals surface area contributed by atoms with Crippen LogP contribution in [-0.2, 0) is 33.6 Å². The van der Waals surface area contributed by atoms with E-state index < -0.39 is 5.41 Å². The molecule has 0 unspecified atom stereocenters. The number of rotatable bonds is 15. The molecule has 3 nitrogen and oxygen atoms in total. The van der Waals surface area contributed by atoms with Crippen molar-refractivity contribution in [2.45, 2.75) is 125 Å². The van der Waals surface area contributed by atoms with Gasteiger partial charge in [0, 0.05) is 37.0 Å². The quantitative estimate of drug-likeness (QED) is 0.230. The molecule has 0 N–H and O–H groups in total. The van der Waals surface area contributed by atoms with Crippen LogP contribution in [0.25, 0.3) is 0 Å². The SMILES string of the molecule is CC.CCCC(=O)C1CCC(CCC(=O)CCc2ccc(CC)cc2)(C(=O)CCCc2ccccc2C)CC1. The van der Waals surface area contributed by atoms with Crippen molar-refractivity contribution in [2.75, 3.05) is 0 Å². The zero-order valence-electron chi connectivity index (χ0n) is 25.3. The van der Waals surface area contributed by atoms with Crippen molar-refractivity contribution >= 4 is 17.3 Å². The van der Waals surface area contributed by atoms with Crippen LogP contribution in [0.15, 0.2) is 48.5 Å². The second-order valence-electron chi connectivity index (χ2n) is 11.2. The summed E-state index contributed by atoms with van der Waals surface area (Å²) in [7, 11) is 0. The second-order valence-corrected chi connectivity index (χ2v) is 11.2. The predicted octanol–water partition coefficient (Wildman–Crippen LogP) is 9.00. The molecule has 0 amide bonds. The van der Waals surface area contributed by atoms with Crippen molar-refractivity contribution < 1.29 is 14.4 Å². The molecule has 1 fully saturated rings. The van der Waals surface area contributed by atoms with Gasteiger partial charge in [0.15, 0.2) is 0 Å². The summed E-state index contributed by atoms with van der Waals surface area (Å²) in [6.07, 6.45) is 10.3. The average molecular weight is 533 g/mol. The minimum absolute atomic E-state index is 0.0923. The lowest BCUT2D eigenvalue weighted by Gasteiger charge is -2.39. The number of Topliss-reactive ketones (excluding diaryl/α,β-unsaturated/α-hetero) is 3. The number of hydrogen-bond acceptors (Lipinski definition) is 3. The normalized spacial score (nSPS) is 18.6. The van der Waals surface area contributed by atoms with Crippen LogP contribution in [0.5, 0.6) is 0 Å². The maximum absolute atomic E-state index is 13.7. The van der Waals surface area contributed by atoms with Crippen LogP contribution in [-0.4, -0.2) is 17.3 Å². The van der Waals surface area contributed by atoms with Crippen LogP contribution >= 0.6 is 0 Å². The highest BCUT2D eigenvalue weighted by molar-refractivity contribution is 5.87. The van der Waals surface area contributed by atoms with Gasteiger partial charge in [-0.2, -0.15) is 0 Å². The number of aryl methyl sites for hydroxylation is 4. The van der Waals surface area contributed by atoms with Crippen LogP contribution in [0.2, 0.25) is 0 Å². The van der Waals surface area contributed by atoms with E-state index in [2.05, 4.69) is 62.4 Å². The van der Waals surface area contributed by atoms with E-state index in [4.69, 9.17) is 0 Å². The van der Waals surface area contributed by atoms with Crippen molar-refractivity contribution in [2.24, 2.45) is 11.3 Å². The number of carbonyl (C=O) groups excluding carboxylic acids is 3. The van der Waals surface area contributed by atoms with E-state index in [1.54, 1.807) is 0 Å². The number of carbonyl (C=O) groups is 3. The van der Waals surface area contributed by atoms with Crippen molar-refractivity contribution in [1.29, 1.82) is 0 Å². The minimum Gasteiger partial charge on any atom is -0.300 e. The van der Waals surface area contributed by atoms with E-state index >= 15 is 0 Å². The molecule has 1 saturated carbocycles. The third-order valence-electron chi connectivity index (χ3n) is 8.60. The highest BCUT2D eigenvalue weighted by Crippen LogP contribution is 2.45. The Labute approximate surface area is 238 Å². The van der Waals surface area contributed by atoms with Crippen LogP contribution < -0.4 is 0 Å². The summed E-state index contributed by atoms with van der Waals surface area (Å²) < 4.78 is 0. The summed E-state index contributed by atoms with van der Waals surface area (Å²) in [6.45, 7) is 10.3. The van der Waals surface area contributed by atoms with Gasteiger partial charge in [-0.05, 0) is 93.4 Å². The standard InChI is InChI=1S/C34H46O3.C2H6/c1-4-9-32(36)30-20-23-34(24-21-30,33(37)13-8-12-29-11-7-6-10-26(29)3)25-22-31(35)19-18-28-16-14-27(5-2)15-17-28;1-2/h6-7,10-11,14-17,30H,4-5,8-9,12-13,18-25H2,1-3H3;1-2H3. The largest absolute Gasteiger partial charge is 0.300 e. The van der Waals surface area contributed by atoms with E-state index in [0.29, 0.717) is 43.7 Å². The Bertz CT molecular complexity index is 1030. The maximum Gasteiger partial charge on any atom is 0.139 e. The van der Waals surface area contributed by atoms with E-state index in [-0.39, 0.29) is 11.7 Å². The van der Waals surface area contributed by atoms with E-state index in [1.165, 1.54) is 22.3 Å². The molecule has 214 valence electrons. The fourth-order valence-corrected chi connectivity index (χ4v) is 5.94. The van der Waals surface area contributed by atoms with Gasteiger partial charge in [0.1, 0.15) is 17.3 Å². The molecule has 0 bridgehead atoms. The fraction of sp³-hybridized carbons (Fsp3) is 0.583. The topological polar surface area (TPSA) is 51.2 Å². The third-order valence-corrected chi connectivity index (χ3v) is 8.60. The Kier molecular flexibility index (Phi) is 14.4. The Morgan fingerprint density at radius 1 is 0.795 bits per heavy atom. The molecule has 39 heavy (non-hydrogen) atoms. The van der Waals surface area contributed by atoms with Crippen LogP contribution in [0.4, 0.5) is 0 Å². The van der Waals surface area contributed by atoms with Gasteiger partial charge in [0.05, 0.1) is 0 Å². The minimum atomic E-state index is -0.437. The number of hydrogen-bond donors (Lipinski definition) is 0. The average Bonchev–Trinajstić information content (AvgIpc) is 2.97. The molecular weight excluding hydrogens is 480 g/mol. The molecule has 0 atom stereocenters. The van der Waals surface area contributed by atoms with Crippen LogP contribution in [0, 0.1) is 18.3 Å². The van der Waals surface area contributed by atoms with Crippen molar-refractivity contribution in [3.63, 3.8) is 0 Å². The summed E-state index contributed by atoms with van der Waals surface area (Å²) in [4.78, 5) is 39.1. The van der Waals surface area contributed by atoms with E-state index in [0.717, 1.165) is 57.8 Å². The maximum atomic E-state index is 13.7. The van der Waals surface area contributed by atoms with Gasteiger partial charge in [0.2, 0.25) is 0 Å². The predicted molar refractivity (Wildman–Crippen MR) is 163 cm³/mol. The van der Waals surface area contributed by atoms with Crippen molar-refractivity contribution in [1.82, 2.24) is 0 Å². The summed E-state index contributed by atoms with van der Waals surface area (Å²) in [5.74, 6) is 1.00. The summed E-state index contributed by atoms with van der Waals surface area (Å²) >= 11 is 0. The molecule has 3 heteroatoms. The highest BCUT2D eigenvalue weighted by Gasteiger charge is 2.42. The summed E-state index contributed by atoms with van der Waals surface area (Å²) in [5, 5.41) is 0. The van der Waals surface area contributed by atoms with Gasteiger partial charge in [-0.15, -0.1) is 0 Å². The smallest absolute Gasteiger partial charge is 0.139 e. The first-order valence-electron chi connectivity index (χ1n) is 15.6. The van der Waals surface area contributed by atoms with Gasteiger partial charge < -0.3 is 0 Å². The Hall–Kier alpha value is -2.55. The lowest BCUT2D eigenvalue weighted by atomic mass is 9.64. The second kappa shape index (κ2) is 17.2. The Balaban J connectivity index is 0.00000260. The molecule has 2 aromatic carbocycles. The zero-order valence-corrected chi connectivity index (χ0v) is 25.3. The molecule has 0 radical (unpaired) electrons. The molecule has 1 aliphatic rings. The molecular formula is C36H52O3. The Morgan fingerprint density at radius 3 is 2.05 bits per heavy atom. The van der Waals surface area contributed by atoms with E-state index in [1.807, 2.05) is 20.8 Å². The lowest BCUT2D eigenvalue weighted by Crippen LogP contribution is -2.37. The number of benzene rings is 2. The molecule has 0 spiro atoms. The van der Waals surface area contributed by atoms with Gasteiger partial charge >= 0.3 is 0 Å². The zero-order chi connectivity index (χ0) is 28.7. The first-order valence-corrected chi connectivity index (χ1v) is 15.6. The summed E-state index contributed by atoms with van der Waals surface area (Å²) in [6, 6.07) is 16.9. The first kappa shape index (κ1) is 32.7. The van der Waals surface area contributed by atoms with Crippen LogP contribution in [0.3, 0.4) is 0 Å². The van der Waals surface area contributed by atoms with E-state index in [9.17, 15) is 14.4 Å². The molecule has 0 aliphatic heterocycles. The Morgan fingerprint density at radius 2 is 1.44 bits per heavy atom. The van der Waals surface area contributed by atoms with Gasteiger partial charge in [-0.1, -0.05) is 76.2 Å². The monoisotopic (exact) mass is 532 g/mol. The molecule has 2 aromatic rings. The highest BCUT2D eigenvalue weighted by atomic mass is 16.1. The summed E-state index contributed by atoms with van der Waals surface area (Å²) in [5.41, 5.74) is 4.65. The van der Waals surface area contributed by atoms with Gasteiger partial charge in [-0.25, -0.2) is 0 Å². The van der Waals surface area contributed by atoms with Crippen LogP contribution in [0.1, 0.15) is 121 Å². The first-order chi connectivity index (χ1) is 18.9. The molecule has 0 heterocycles. The van der Waals surface area contributed by atoms with Gasteiger partial charge in [0.25, 0.3) is 0 Å². The molecule has 0 aromatic heterocycles. The molecule has 0 saturated heterocycles. The lowest BCUT2D eigenvalue weighted by molar-refractivity contribution is -0.135. The number of ketones is 3.